The first-order valence-electron chi connectivity index (χ1n) is 7.88. The van der Waals surface area contributed by atoms with Gasteiger partial charge in [0.25, 0.3) is 0 Å². The summed E-state index contributed by atoms with van der Waals surface area (Å²) in [7, 11) is 2.30. The van der Waals surface area contributed by atoms with Crippen molar-refractivity contribution in [3.05, 3.63) is 22.4 Å². The standard InChI is InChI=1S/C16H27N3S/c1-3-19(11-15-5-4-8-20-15)16(12-17)9-13-6-7-14(10-16)18(13)2/h4-5,8,13-14H,3,6-7,9-12,17H2,1-2H3. The lowest BCUT2D eigenvalue weighted by Gasteiger charge is -2.50. The highest BCUT2D eigenvalue weighted by Gasteiger charge is 2.48. The summed E-state index contributed by atoms with van der Waals surface area (Å²) in [5, 5.41) is 2.18. The minimum absolute atomic E-state index is 0.219. The molecule has 2 unspecified atom stereocenters. The molecule has 0 aliphatic carbocycles. The molecule has 0 spiro atoms. The van der Waals surface area contributed by atoms with Crippen molar-refractivity contribution < 1.29 is 0 Å². The van der Waals surface area contributed by atoms with Crippen molar-refractivity contribution in [3.63, 3.8) is 0 Å². The summed E-state index contributed by atoms with van der Waals surface area (Å²) in [6, 6.07) is 5.90. The fourth-order valence-electron chi connectivity index (χ4n) is 4.30. The fraction of sp³-hybridized carbons (Fsp3) is 0.750. The van der Waals surface area contributed by atoms with Crippen LogP contribution in [0.3, 0.4) is 0 Å². The molecule has 0 aromatic carbocycles. The van der Waals surface area contributed by atoms with Crippen LogP contribution in [0.15, 0.2) is 17.5 Å². The molecule has 0 radical (unpaired) electrons. The van der Waals surface area contributed by atoms with Crippen LogP contribution in [0.2, 0.25) is 0 Å². The first-order chi connectivity index (χ1) is 9.68. The fourth-order valence-corrected chi connectivity index (χ4v) is 5.02. The van der Waals surface area contributed by atoms with Crippen LogP contribution in [0.4, 0.5) is 0 Å². The van der Waals surface area contributed by atoms with Gasteiger partial charge in [0, 0.05) is 35.6 Å². The molecule has 2 saturated heterocycles. The van der Waals surface area contributed by atoms with Gasteiger partial charge in [-0.2, -0.15) is 0 Å². The molecule has 3 heterocycles. The number of hydrogen-bond donors (Lipinski definition) is 1. The van der Waals surface area contributed by atoms with E-state index in [2.05, 4.69) is 41.3 Å². The second-order valence-electron chi connectivity index (χ2n) is 6.48. The zero-order valence-electron chi connectivity index (χ0n) is 12.7. The van der Waals surface area contributed by atoms with Crippen molar-refractivity contribution in [1.82, 2.24) is 9.80 Å². The third-order valence-electron chi connectivity index (χ3n) is 5.58. The molecule has 1 aromatic heterocycles. The van der Waals surface area contributed by atoms with Crippen LogP contribution in [0.1, 0.15) is 37.5 Å². The minimum atomic E-state index is 0.219. The van der Waals surface area contributed by atoms with E-state index in [-0.39, 0.29) is 5.54 Å². The van der Waals surface area contributed by atoms with Gasteiger partial charge in [0.2, 0.25) is 0 Å². The molecular weight excluding hydrogens is 266 g/mol. The smallest absolute Gasteiger partial charge is 0.0365 e. The number of nitrogens with zero attached hydrogens (tertiary/aromatic N) is 2. The van der Waals surface area contributed by atoms with Crippen LogP contribution in [0, 0.1) is 0 Å². The number of nitrogens with two attached hydrogens (primary N) is 1. The van der Waals surface area contributed by atoms with Crippen molar-refractivity contribution in [2.45, 2.75) is 56.8 Å². The molecule has 20 heavy (non-hydrogen) atoms. The first-order valence-corrected chi connectivity index (χ1v) is 8.76. The van der Waals surface area contributed by atoms with Crippen LogP contribution in [0.25, 0.3) is 0 Å². The van der Waals surface area contributed by atoms with Gasteiger partial charge in [0.1, 0.15) is 0 Å². The molecule has 2 N–H and O–H groups in total. The summed E-state index contributed by atoms with van der Waals surface area (Å²) in [6.07, 6.45) is 5.21. The summed E-state index contributed by atoms with van der Waals surface area (Å²) in [5.74, 6) is 0. The Labute approximate surface area is 126 Å². The van der Waals surface area contributed by atoms with Crippen molar-refractivity contribution in [2.24, 2.45) is 5.73 Å². The molecule has 2 atom stereocenters. The number of fused-ring (bicyclic) bond motifs is 2. The molecule has 1 aromatic rings. The molecule has 2 aliphatic heterocycles. The Morgan fingerprint density at radius 3 is 2.60 bits per heavy atom. The van der Waals surface area contributed by atoms with E-state index >= 15 is 0 Å². The summed E-state index contributed by atoms with van der Waals surface area (Å²) in [5.41, 5.74) is 6.50. The zero-order chi connectivity index (χ0) is 14.2. The van der Waals surface area contributed by atoms with E-state index in [4.69, 9.17) is 5.73 Å². The molecule has 112 valence electrons. The number of piperidine rings is 1. The normalized spacial score (nSPS) is 34.0. The predicted octanol–water partition coefficient (Wildman–Crippen LogP) is 2.52. The molecule has 2 fully saturated rings. The van der Waals surface area contributed by atoms with Gasteiger partial charge in [-0.3, -0.25) is 4.90 Å². The molecule has 3 rings (SSSR count). The molecule has 0 saturated carbocycles. The van der Waals surface area contributed by atoms with Gasteiger partial charge in [-0.05, 0) is 50.7 Å². The van der Waals surface area contributed by atoms with Gasteiger partial charge in [0.15, 0.2) is 0 Å². The lowest BCUT2D eigenvalue weighted by atomic mass is 9.81. The Hall–Kier alpha value is -0.420. The number of thiophene rings is 1. The van der Waals surface area contributed by atoms with Gasteiger partial charge in [-0.1, -0.05) is 13.0 Å². The van der Waals surface area contributed by atoms with Crippen LogP contribution >= 0.6 is 11.3 Å². The first kappa shape index (κ1) is 14.5. The van der Waals surface area contributed by atoms with E-state index in [0.29, 0.717) is 0 Å². The second-order valence-corrected chi connectivity index (χ2v) is 7.51. The van der Waals surface area contributed by atoms with E-state index in [0.717, 1.165) is 31.7 Å². The average molecular weight is 293 g/mol. The van der Waals surface area contributed by atoms with Gasteiger partial charge in [-0.25, -0.2) is 0 Å². The summed E-state index contributed by atoms with van der Waals surface area (Å²) >= 11 is 1.86. The van der Waals surface area contributed by atoms with Crippen molar-refractivity contribution >= 4 is 11.3 Å². The van der Waals surface area contributed by atoms with Gasteiger partial charge in [0.05, 0.1) is 0 Å². The van der Waals surface area contributed by atoms with Gasteiger partial charge in [-0.15, -0.1) is 11.3 Å². The highest BCUT2D eigenvalue weighted by Crippen LogP contribution is 2.42. The Balaban J connectivity index is 1.80. The lowest BCUT2D eigenvalue weighted by Crippen LogP contribution is -2.61. The van der Waals surface area contributed by atoms with Crippen molar-refractivity contribution in [1.29, 1.82) is 0 Å². The van der Waals surface area contributed by atoms with Crippen molar-refractivity contribution in [3.8, 4) is 0 Å². The Morgan fingerprint density at radius 2 is 2.10 bits per heavy atom. The van der Waals surface area contributed by atoms with E-state index in [1.165, 1.54) is 30.6 Å². The molecule has 0 amide bonds. The van der Waals surface area contributed by atoms with Crippen LogP contribution in [-0.2, 0) is 6.54 Å². The van der Waals surface area contributed by atoms with Crippen LogP contribution < -0.4 is 5.73 Å². The quantitative estimate of drug-likeness (QED) is 0.905. The monoisotopic (exact) mass is 293 g/mol. The van der Waals surface area contributed by atoms with Gasteiger partial charge < -0.3 is 10.6 Å². The maximum Gasteiger partial charge on any atom is 0.0365 e. The number of likely N-dealkylation sites (N-methyl/N-ethyl adjacent to an activating group) is 1. The molecule has 4 heteroatoms. The molecule has 3 nitrogen and oxygen atoms in total. The zero-order valence-corrected chi connectivity index (χ0v) is 13.5. The number of hydrogen-bond acceptors (Lipinski definition) is 4. The van der Waals surface area contributed by atoms with Crippen LogP contribution in [0.5, 0.6) is 0 Å². The minimum Gasteiger partial charge on any atom is -0.329 e. The number of rotatable bonds is 5. The van der Waals surface area contributed by atoms with Gasteiger partial charge >= 0.3 is 0 Å². The highest BCUT2D eigenvalue weighted by molar-refractivity contribution is 7.09. The Morgan fingerprint density at radius 1 is 1.40 bits per heavy atom. The van der Waals surface area contributed by atoms with E-state index < -0.39 is 0 Å². The average Bonchev–Trinajstić information content (AvgIpc) is 3.03. The lowest BCUT2D eigenvalue weighted by molar-refractivity contribution is -0.000695. The SMILES string of the molecule is CCN(Cc1cccs1)C1(CN)CC2CCC(C1)N2C. The highest BCUT2D eigenvalue weighted by atomic mass is 32.1. The Kier molecular flexibility index (Phi) is 4.18. The molecule has 2 aliphatic rings. The predicted molar refractivity (Wildman–Crippen MR) is 86.0 cm³/mol. The summed E-state index contributed by atoms with van der Waals surface area (Å²) < 4.78 is 0. The largest absolute Gasteiger partial charge is 0.329 e. The maximum atomic E-state index is 6.28. The third-order valence-corrected chi connectivity index (χ3v) is 6.44. The maximum absolute atomic E-state index is 6.28. The van der Waals surface area contributed by atoms with Crippen molar-refractivity contribution in [2.75, 3.05) is 20.1 Å². The molecule has 2 bridgehead atoms. The van der Waals surface area contributed by atoms with Crippen LogP contribution in [-0.4, -0.2) is 47.6 Å². The second kappa shape index (κ2) is 5.76. The third kappa shape index (κ3) is 2.43. The summed E-state index contributed by atoms with van der Waals surface area (Å²) in [4.78, 5) is 6.72. The topological polar surface area (TPSA) is 32.5 Å². The summed E-state index contributed by atoms with van der Waals surface area (Å²) in [6.45, 7) is 5.24. The molecular formula is C16H27N3S. The van der Waals surface area contributed by atoms with E-state index in [1.807, 2.05) is 11.3 Å². The van der Waals surface area contributed by atoms with E-state index in [9.17, 15) is 0 Å². The van der Waals surface area contributed by atoms with E-state index in [1.54, 1.807) is 0 Å². The Bertz CT molecular complexity index is 417.